The van der Waals surface area contributed by atoms with Gasteiger partial charge in [0.2, 0.25) is 0 Å². The number of nitrogens with two attached hydrogens (primary N) is 1. The summed E-state index contributed by atoms with van der Waals surface area (Å²) in [6, 6.07) is 19.9. The van der Waals surface area contributed by atoms with Crippen LogP contribution < -0.4 is 16.4 Å². The summed E-state index contributed by atoms with van der Waals surface area (Å²) in [5.41, 5.74) is 8.00. The zero-order valence-electron chi connectivity index (χ0n) is 14.5. The molecule has 0 aliphatic carbocycles. The molecule has 5 nitrogen and oxygen atoms in total. The highest BCUT2D eigenvalue weighted by Crippen LogP contribution is 2.14. The molecule has 0 aliphatic heterocycles. The van der Waals surface area contributed by atoms with Gasteiger partial charge in [0.25, 0.3) is 11.8 Å². The van der Waals surface area contributed by atoms with Crippen molar-refractivity contribution in [2.45, 2.75) is 6.54 Å². The van der Waals surface area contributed by atoms with Crippen LogP contribution in [0.5, 0.6) is 0 Å². The van der Waals surface area contributed by atoms with E-state index in [-0.39, 0.29) is 24.1 Å². The monoisotopic (exact) mass is 377 g/mol. The van der Waals surface area contributed by atoms with E-state index in [9.17, 15) is 9.59 Å². The van der Waals surface area contributed by atoms with E-state index in [1.165, 1.54) is 11.3 Å². The standard InChI is InChI=1S/C21H19N3O2S/c22-18-11-5-4-9-16(18)14-23-21(26)19(13-17-10-6-12-27-17)24-20(25)15-7-2-1-3-8-15/h1-13H,14,22H2,(H,23,26)(H,24,25)/b19-13+. The molecule has 0 unspecified atom stereocenters. The van der Waals surface area contributed by atoms with E-state index in [2.05, 4.69) is 10.6 Å². The van der Waals surface area contributed by atoms with Crippen molar-refractivity contribution in [3.8, 4) is 0 Å². The van der Waals surface area contributed by atoms with Crippen LogP contribution in [0.4, 0.5) is 5.69 Å². The van der Waals surface area contributed by atoms with Crippen LogP contribution in [-0.2, 0) is 11.3 Å². The fraction of sp³-hybridized carbons (Fsp3) is 0.0476. The Balaban J connectivity index is 1.76. The van der Waals surface area contributed by atoms with E-state index in [0.717, 1.165) is 10.4 Å². The first-order chi connectivity index (χ1) is 13.1. The Labute approximate surface area is 161 Å². The lowest BCUT2D eigenvalue weighted by atomic mass is 10.2. The molecule has 1 heterocycles. The van der Waals surface area contributed by atoms with Crippen LogP contribution >= 0.6 is 11.3 Å². The first-order valence-electron chi connectivity index (χ1n) is 8.36. The molecule has 6 heteroatoms. The van der Waals surface area contributed by atoms with Gasteiger partial charge in [-0.2, -0.15) is 0 Å². The molecular formula is C21H19N3O2S. The van der Waals surface area contributed by atoms with E-state index in [0.29, 0.717) is 11.3 Å². The Morgan fingerprint density at radius 3 is 2.41 bits per heavy atom. The van der Waals surface area contributed by atoms with Crippen molar-refractivity contribution in [3.05, 3.63) is 93.8 Å². The molecule has 0 saturated carbocycles. The summed E-state index contributed by atoms with van der Waals surface area (Å²) >= 11 is 1.48. The highest BCUT2D eigenvalue weighted by molar-refractivity contribution is 7.10. The second-order valence-electron chi connectivity index (χ2n) is 5.78. The van der Waals surface area contributed by atoms with Gasteiger partial charge in [-0.05, 0) is 41.3 Å². The second kappa shape index (κ2) is 8.82. The van der Waals surface area contributed by atoms with Crippen LogP contribution in [-0.4, -0.2) is 11.8 Å². The van der Waals surface area contributed by atoms with Crippen LogP contribution in [0, 0.1) is 0 Å². The molecule has 136 valence electrons. The number of thiophene rings is 1. The summed E-state index contributed by atoms with van der Waals surface area (Å²) in [6.45, 7) is 0.272. The topological polar surface area (TPSA) is 84.2 Å². The van der Waals surface area contributed by atoms with Crippen molar-refractivity contribution in [3.63, 3.8) is 0 Å². The molecule has 4 N–H and O–H groups in total. The minimum atomic E-state index is -0.379. The van der Waals surface area contributed by atoms with Gasteiger partial charge in [-0.1, -0.05) is 42.5 Å². The number of rotatable bonds is 6. The number of amides is 2. The predicted molar refractivity (Wildman–Crippen MR) is 109 cm³/mol. The molecular weight excluding hydrogens is 358 g/mol. The molecule has 3 rings (SSSR count). The van der Waals surface area contributed by atoms with E-state index in [1.807, 2.05) is 41.8 Å². The molecule has 0 radical (unpaired) electrons. The maximum atomic E-state index is 12.7. The number of anilines is 1. The van der Waals surface area contributed by atoms with E-state index >= 15 is 0 Å². The van der Waals surface area contributed by atoms with E-state index in [4.69, 9.17) is 5.73 Å². The van der Waals surface area contributed by atoms with Gasteiger partial charge in [0, 0.05) is 22.7 Å². The Kier molecular flexibility index (Phi) is 6.02. The number of hydrogen-bond donors (Lipinski definition) is 3. The van der Waals surface area contributed by atoms with Crippen LogP contribution in [0.25, 0.3) is 6.08 Å². The molecule has 1 aromatic heterocycles. The highest BCUT2D eigenvalue weighted by Gasteiger charge is 2.15. The highest BCUT2D eigenvalue weighted by atomic mass is 32.1. The van der Waals surface area contributed by atoms with Crippen molar-refractivity contribution < 1.29 is 9.59 Å². The van der Waals surface area contributed by atoms with Crippen molar-refractivity contribution in [1.82, 2.24) is 10.6 Å². The summed E-state index contributed by atoms with van der Waals surface area (Å²) in [6.07, 6.45) is 1.66. The largest absolute Gasteiger partial charge is 0.398 e. The molecule has 0 aliphatic rings. The average Bonchev–Trinajstić information content (AvgIpc) is 3.20. The van der Waals surface area contributed by atoms with Gasteiger partial charge in [-0.15, -0.1) is 11.3 Å². The molecule has 27 heavy (non-hydrogen) atoms. The number of hydrogen-bond acceptors (Lipinski definition) is 4. The Hall–Kier alpha value is -3.38. The Morgan fingerprint density at radius 1 is 0.963 bits per heavy atom. The lowest BCUT2D eigenvalue weighted by molar-refractivity contribution is -0.117. The Bertz CT molecular complexity index is 951. The number of benzene rings is 2. The molecule has 0 saturated heterocycles. The summed E-state index contributed by atoms with van der Waals surface area (Å²) in [4.78, 5) is 26.0. The van der Waals surface area contributed by atoms with Gasteiger partial charge < -0.3 is 16.4 Å². The van der Waals surface area contributed by atoms with Crippen molar-refractivity contribution >= 4 is 34.9 Å². The average molecular weight is 377 g/mol. The lowest BCUT2D eigenvalue weighted by Crippen LogP contribution is -2.34. The van der Waals surface area contributed by atoms with Crippen LogP contribution in [0.15, 0.2) is 77.8 Å². The summed E-state index contributed by atoms with van der Waals surface area (Å²) in [5, 5.41) is 7.43. The first kappa shape index (κ1) is 18.4. The molecule has 0 fully saturated rings. The maximum Gasteiger partial charge on any atom is 0.268 e. The molecule has 2 amide bonds. The van der Waals surface area contributed by atoms with E-state index < -0.39 is 0 Å². The Morgan fingerprint density at radius 2 is 1.70 bits per heavy atom. The van der Waals surface area contributed by atoms with Gasteiger partial charge in [-0.25, -0.2) is 0 Å². The summed E-state index contributed by atoms with van der Waals surface area (Å²) < 4.78 is 0. The lowest BCUT2D eigenvalue weighted by Gasteiger charge is -2.12. The number of carbonyl (C=O) groups is 2. The first-order valence-corrected chi connectivity index (χ1v) is 9.24. The molecule has 0 spiro atoms. The van der Waals surface area contributed by atoms with Crippen molar-refractivity contribution in [1.29, 1.82) is 0 Å². The van der Waals surface area contributed by atoms with Crippen LogP contribution in [0.2, 0.25) is 0 Å². The zero-order chi connectivity index (χ0) is 19.1. The minimum Gasteiger partial charge on any atom is -0.398 e. The van der Waals surface area contributed by atoms with Gasteiger partial charge in [0.15, 0.2) is 0 Å². The van der Waals surface area contributed by atoms with Crippen molar-refractivity contribution in [2.24, 2.45) is 0 Å². The SMILES string of the molecule is Nc1ccccc1CNC(=O)/C(=C\c1cccs1)NC(=O)c1ccccc1. The second-order valence-corrected chi connectivity index (χ2v) is 6.75. The third-order valence-corrected chi connectivity index (χ3v) is 4.67. The van der Waals surface area contributed by atoms with Gasteiger partial charge in [0.05, 0.1) is 0 Å². The normalized spacial score (nSPS) is 11.0. The number of nitrogens with one attached hydrogen (secondary N) is 2. The fourth-order valence-corrected chi connectivity index (χ4v) is 3.08. The number of para-hydroxylation sites is 1. The number of carbonyl (C=O) groups excluding carboxylic acids is 2. The minimum absolute atomic E-state index is 0.181. The third-order valence-electron chi connectivity index (χ3n) is 3.85. The van der Waals surface area contributed by atoms with Gasteiger partial charge in [0.1, 0.15) is 5.70 Å². The van der Waals surface area contributed by atoms with Gasteiger partial charge in [-0.3, -0.25) is 9.59 Å². The number of nitrogen functional groups attached to an aromatic ring is 1. The van der Waals surface area contributed by atoms with E-state index in [1.54, 1.807) is 36.4 Å². The molecule has 0 atom stereocenters. The maximum absolute atomic E-state index is 12.7. The zero-order valence-corrected chi connectivity index (χ0v) is 15.3. The predicted octanol–water partition coefficient (Wildman–Crippen LogP) is 3.42. The molecule has 0 bridgehead atoms. The quantitative estimate of drug-likeness (QED) is 0.455. The van der Waals surface area contributed by atoms with Crippen LogP contribution in [0.1, 0.15) is 20.8 Å². The van der Waals surface area contributed by atoms with Crippen LogP contribution in [0.3, 0.4) is 0 Å². The van der Waals surface area contributed by atoms with Crippen molar-refractivity contribution in [2.75, 3.05) is 5.73 Å². The summed E-state index contributed by atoms with van der Waals surface area (Å²) in [7, 11) is 0. The fourth-order valence-electron chi connectivity index (χ4n) is 2.42. The third kappa shape index (κ3) is 5.05. The molecule has 2 aromatic carbocycles. The summed E-state index contributed by atoms with van der Waals surface area (Å²) in [5.74, 6) is -0.719. The molecule has 3 aromatic rings. The van der Waals surface area contributed by atoms with Gasteiger partial charge >= 0.3 is 0 Å². The smallest absolute Gasteiger partial charge is 0.268 e.